The number of rotatable bonds is 7. The molecule has 154 valence electrons. The van der Waals surface area contributed by atoms with Gasteiger partial charge in [-0.25, -0.2) is 0 Å². The van der Waals surface area contributed by atoms with Crippen LogP contribution >= 0.6 is 11.6 Å². The van der Waals surface area contributed by atoms with Crippen molar-refractivity contribution in [1.82, 2.24) is 0 Å². The summed E-state index contributed by atoms with van der Waals surface area (Å²) in [7, 11) is 0. The quantitative estimate of drug-likeness (QED) is 0.682. The van der Waals surface area contributed by atoms with E-state index in [9.17, 15) is 18.4 Å². The number of alkyl halides is 2. The molecule has 1 aliphatic heterocycles. The summed E-state index contributed by atoms with van der Waals surface area (Å²) in [4.78, 5) is 23.9. The Kier molecular flexibility index (Phi) is 6.71. The summed E-state index contributed by atoms with van der Waals surface area (Å²) >= 11 is 6.12. The zero-order valence-electron chi connectivity index (χ0n) is 15.0. The van der Waals surface area contributed by atoms with Crippen molar-refractivity contribution in [3.8, 4) is 17.2 Å². The SMILES string of the molecule is O=C(COC(=O)Cc1cc(Cl)c2c(c1)OCCO2)Nc1ccc(OC(F)F)cc1. The van der Waals surface area contributed by atoms with Crippen LogP contribution in [0, 0.1) is 0 Å². The lowest BCUT2D eigenvalue weighted by atomic mass is 10.1. The average Bonchev–Trinajstić information content (AvgIpc) is 2.68. The van der Waals surface area contributed by atoms with Crippen LogP contribution in [0.2, 0.25) is 5.02 Å². The number of carbonyl (C=O) groups is 2. The lowest BCUT2D eigenvalue weighted by Gasteiger charge is -2.20. The molecule has 0 unspecified atom stereocenters. The third-order valence-electron chi connectivity index (χ3n) is 3.73. The molecule has 1 aliphatic rings. The van der Waals surface area contributed by atoms with Crippen LogP contribution < -0.4 is 19.5 Å². The minimum absolute atomic E-state index is 0.0393. The maximum Gasteiger partial charge on any atom is 0.387 e. The molecule has 1 amide bonds. The van der Waals surface area contributed by atoms with Crippen LogP contribution in [0.3, 0.4) is 0 Å². The molecular formula is C19H16ClF2NO6. The van der Waals surface area contributed by atoms with Gasteiger partial charge in [-0.1, -0.05) is 11.6 Å². The Morgan fingerprint density at radius 2 is 1.86 bits per heavy atom. The first-order chi connectivity index (χ1) is 13.9. The van der Waals surface area contributed by atoms with Crippen LogP contribution in [0.5, 0.6) is 17.2 Å². The first-order valence-electron chi connectivity index (χ1n) is 8.49. The van der Waals surface area contributed by atoms with Gasteiger partial charge in [0.15, 0.2) is 18.1 Å². The molecule has 0 bridgehead atoms. The van der Waals surface area contributed by atoms with Crippen molar-refractivity contribution in [3.63, 3.8) is 0 Å². The van der Waals surface area contributed by atoms with Gasteiger partial charge in [-0.3, -0.25) is 9.59 Å². The van der Waals surface area contributed by atoms with Crippen molar-refractivity contribution in [2.45, 2.75) is 13.0 Å². The largest absolute Gasteiger partial charge is 0.486 e. The number of hydrogen-bond donors (Lipinski definition) is 1. The second-order valence-corrected chi connectivity index (χ2v) is 6.30. The van der Waals surface area contributed by atoms with E-state index in [0.29, 0.717) is 41.0 Å². The molecule has 0 saturated carbocycles. The summed E-state index contributed by atoms with van der Waals surface area (Å²) in [6, 6.07) is 8.52. The second kappa shape index (κ2) is 9.42. The number of fused-ring (bicyclic) bond motifs is 1. The Bertz CT molecular complexity index is 891. The van der Waals surface area contributed by atoms with E-state index in [-0.39, 0.29) is 12.2 Å². The molecule has 0 aliphatic carbocycles. The summed E-state index contributed by atoms with van der Waals surface area (Å²) in [5, 5.41) is 2.80. The van der Waals surface area contributed by atoms with Crippen LogP contribution in [0.1, 0.15) is 5.56 Å². The van der Waals surface area contributed by atoms with Crippen molar-refractivity contribution >= 4 is 29.2 Å². The molecule has 0 radical (unpaired) electrons. The van der Waals surface area contributed by atoms with E-state index >= 15 is 0 Å². The lowest BCUT2D eigenvalue weighted by molar-refractivity contribution is -0.146. The van der Waals surface area contributed by atoms with Gasteiger partial charge in [0, 0.05) is 5.69 Å². The normalized spacial score (nSPS) is 12.4. The van der Waals surface area contributed by atoms with Gasteiger partial charge in [0.1, 0.15) is 19.0 Å². The molecule has 0 aromatic heterocycles. The Balaban J connectivity index is 1.48. The molecular weight excluding hydrogens is 412 g/mol. The molecule has 0 fully saturated rings. The number of esters is 1. The van der Waals surface area contributed by atoms with Crippen molar-refractivity contribution in [2.24, 2.45) is 0 Å². The molecule has 2 aromatic rings. The fourth-order valence-electron chi connectivity index (χ4n) is 2.55. The Hall–Kier alpha value is -3.07. The molecule has 1 N–H and O–H groups in total. The van der Waals surface area contributed by atoms with Gasteiger partial charge >= 0.3 is 12.6 Å². The highest BCUT2D eigenvalue weighted by Gasteiger charge is 2.18. The molecule has 0 saturated heterocycles. The Morgan fingerprint density at radius 1 is 1.14 bits per heavy atom. The van der Waals surface area contributed by atoms with E-state index in [4.69, 9.17) is 25.8 Å². The standard InChI is InChI=1S/C19H16ClF2NO6/c20-14-7-11(8-15-18(14)27-6-5-26-15)9-17(25)28-10-16(24)23-12-1-3-13(4-2-12)29-19(21)22/h1-4,7-8,19H,5-6,9-10H2,(H,23,24). The van der Waals surface area contributed by atoms with Gasteiger partial charge < -0.3 is 24.3 Å². The molecule has 0 atom stereocenters. The predicted molar refractivity (Wildman–Crippen MR) is 98.8 cm³/mol. The van der Waals surface area contributed by atoms with Gasteiger partial charge in [0.05, 0.1) is 11.4 Å². The maximum atomic E-state index is 12.1. The van der Waals surface area contributed by atoms with E-state index in [0.717, 1.165) is 0 Å². The number of ether oxygens (including phenoxy) is 4. The van der Waals surface area contributed by atoms with E-state index in [1.807, 2.05) is 0 Å². The molecule has 0 spiro atoms. The molecule has 10 heteroatoms. The number of carbonyl (C=O) groups excluding carboxylic acids is 2. The first-order valence-corrected chi connectivity index (χ1v) is 8.87. The topological polar surface area (TPSA) is 83.1 Å². The summed E-state index contributed by atoms with van der Waals surface area (Å²) in [6.07, 6.45) is -0.108. The smallest absolute Gasteiger partial charge is 0.387 e. The molecule has 3 rings (SSSR count). The van der Waals surface area contributed by atoms with Crippen LogP contribution in [-0.4, -0.2) is 38.3 Å². The minimum atomic E-state index is -2.93. The monoisotopic (exact) mass is 427 g/mol. The number of halogens is 3. The Labute approximate surface area is 169 Å². The number of nitrogens with one attached hydrogen (secondary N) is 1. The van der Waals surface area contributed by atoms with Crippen molar-refractivity contribution in [3.05, 3.63) is 47.0 Å². The highest BCUT2D eigenvalue weighted by atomic mass is 35.5. The van der Waals surface area contributed by atoms with Crippen LogP contribution in [0.25, 0.3) is 0 Å². The summed E-state index contributed by atoms with van der Waals surface area (Å²) < 4.78 is 44.2. The number of amides is 1. The third-order valence-corrected chi connectivity index (χ3v) is 4.01. The first kappa shape index (κ1) is 20.7. The van der Waals surface area contributed by atoms with Crippen LogP contribution in [0.15, 0.2) is 36.4 Å². The highest BCUT2D eigenvalue weighted by Crippen LogP contribution is 2.38. The van der Waals surface area contributed by atoms with E-state index in [1.165, 1.54) is 24.3 Å². The average molecular weight is 428 g/mol. The van der Waals surface area contributed by atoms with Crippen LogP contribution in [0.4, 0.5) is 14.5 Å². The maximum absolute atomic E-state index is 12.1. The summed E-state index contributed by atoms with van der Waals surface area (Å²) in [6.45, 7) is -2.66. The summed E-state index contributed by atoms with van der Waals surface area (Å²) in [5.74, 6) is -0.375. The van der Waals surface area contributed by atoms with E-state index < -0.39 is 25.1 Å². The zero-order valence-corrected chi connectivity index (χ0v) is 15.7. The fourth-order valence-corrected chi connectivity index (χ4v) is 2.83. The number of anilines is 1. The molecule has 1 heterocycles. The second-order valence-electron chi connectivity index (χ2n) is 5.89. The molecule has 29 heavy (non-hydrogen) atoms. The van der Waals surface area contributed by atoms with Crippen molar-refractivity contribution < 1.29 is 37.3 Å². The van der Waals surface area contributed by atoms with E-state index in [1.54, 1.807) is 12.1 Å². The van der Waals surface area contributed by atoms with Crippen LogP contribution in [-0.2, 0) is 20.7 Å². The van der Waals surface area contributed by atoms with Gasteiger partial charge in [-0.05, 0) is 42.0 Å². The van der Waals surface area contributed by atoms with Gasteiger partial charge in [0.25, 0.3) is 5.91 Å². The number of benzene rings is 2. The third kappa shape index (κ3) is 5.95. The zero-order chi connectivity index (χ0) is 20.8. The summed E-state index contributed by atoms with van der Waals surface area (Å²) in [5.41, 5.74) is 0.894. The van der Waals surface area contributed by atoms with Crippen molar-refractivity contribution in [1.29, 1.82) is 0 Å². The molecule has 7 nitrogen and oxygen atoms in total. The predicted octanol–water partition coefficient (Wildman–Crippen LogP) is 3.44. The molecule has 2 aromatic carbocycles. The minimum Gasteiger partial charge on any atom is -0.486 e. The number of hydrogen-bond acceptors (Lipinski definition) is 6. The Morgan fingerprint density at radius 3 is 2.59 bits per heavy atom. The fraction of sp³-hybridized carbons (Fsp3) is 0.263. The van der Waals surface area contributed by atoms with Gasteiger partial charge in [-0.2, -0.15) is 8.78 Å². The van der Waals surface area contributed by atoms with E-state index in [2.05, 4.69) is 10.1 Å². The van der Waals surface area contributed by atoms with Gasteiger partial charge in [0.2, 0.25) is 0 Å². The highest BCUT2D eigenvalue weighted by molar-refractivity contribution is 6.32. The van der Waals surface area contributed by atoms with Crippen molar-refractivity contribution in [2.75, 3.05) is 25.1 Å². The lowest BCUT2D eigenvalue weighted by Crippen LogP contribution is -2.21. The van der Waals surface area contributed by atoms with Gasteiger partial charge in [-0.15, -0.1) is 0 Å².